The highest BCUT2D eigenvalue weighted by atomic mass is 32.2. The first kappa shape index (κ1) is 19.9. The molecule has 2 aliphatic rings. The maximum atomic E-state index is 13.2. The smallest absolute Gasteiger partial charge is 0.335 e. The van der Waals surface area contributed by atoms with Crippen molar-refractivity contribution in [3.8, 4) is 0 Å². The summed E-state index contributed by atoms with van der Waals surface area (Å²) in [4.78, 5) is 49.3. The van der Waals surface area contributed by atoms with Gasteiger partial charge in [0.25, 0.3) is 0 Å². The van der Waals surface area contributed by atoms with Crippen molar-refractivity contribution in [2.45, 2.75) is 23.6 Å². The maximum Gasteiger partial charge on any atom is 0.335 e. The molecule has 4 rings (SSSR count). The second-order valence-corrected chi connectivity index (χ2v) is 7.98. The average molecular weight is 422 g/mol. The summed E-state index contributed by atoms with van der Waals surface area (Å²) in [7, 11) is 0. The van der Waals surface area contributed by atoms with Crippen molar-refractivity contribution >= 4 is 36.0 Å². The number of carbonyl (C=O) groups is 3. The second kappa shape index (κ2) is 8.57. The number of β-lactam (4-membered cyclic amide) rings is 1. The summed E-state index contributed by atoms with van der Waals surface area (Å²) < 4.78 is 5.86. The third-order valence-corrected chi connectivity index (χ3v) is 6.46. The van der Waals surface area contributed by atoms with Crippen molar-refractivity contribution < 1.29 is 23.9 Å². The number of thioether (sulfide) groups is 1. The number of fused-ring (bicyclic) bond motifs is 1. The van der Waals surface area contributed by atoms with E-state index < -0.39 is 35.4 Å². The van der Waals surface area contributed by atoms with Crippen LogP contribution in [0.15, 0.2) is 66.2 Å². The first-order valence-corrected chi connectivity index (χ1v) is 10.4. The highest BCUT2D eigenvalue weighted by Gasteiger charge is 2.57. The number of rotatable bonds is 6. The molecule has 3 atom stereocenters. The summed E-state index contributed by atoms with van der Waals surface area (Å²) in [6, 6.07) is 16.6. The standard InChI is InChI=1S/C22H18N2O5S/c25-11-16-12-30-21-17(23-13-26)20(27)24(21)18(16)22(28)29-19(14-7-3-1-4-8-14)15-9-5-2-6-10-15/h1-10,13,17-19,21H,12H2,(H,23,26)/t17?,18?,21-/m1/s1. The molecule has 2 saturated heterocycles. The SMILES string of the molecule is O=C=C1CS[C@@H]2C(NC=O)C(=O)N2C1C(=O)OC(c1ccccc1)c1ccccc1. The molecule has 1 N–H and O–H groups in total. The Bertz CT molecular complexity index is 967. The van der Waals surface area contributed by atoms with Gasteiger partial charge in [0.2, 0.25) is 12.3 Å². The normalized spacial score (nSPS) is 22.6. The van der Waals surface area contributed by atoms with Crippen LogP contribution in [0.4, 0.5) is 0 Å². The molecule has 2 aromatic carbocycles. The molecule has 2 heterocycles. The van der Waals surface area contributed by atoms with E-state index in [1.54, 1.807) is 5.94 Å². The Hall–Kier alpha value is -3.35. The van der Waals surface area contributed by atoms with Gasteiger partial charge in [-0.3, -0.25) is 9.59 Å². The zero-order chi connectivity index (χ0) is 21.1. The van der Waals surface area contributed by atoms with Gasteiger partial charge < -0.3 is 15.0 Å². The van der Waals surface area contributed by atoms with Crippen LogP contribution in [0.5, 0.6) is 0 Å². The maximum absolute atomic E-state index is 13.2. The van der Waals surface area contributed by atoms with Gasteiger partial charge in [-0.15, -0.1) is 11.8 Å². The van der Waals surface area contributed by atoms with E-state index in [1.807, 2.05) is 60.7 Å². The van der Waals surface area contributed by atoms with Gasteiger partial charge in [-0.1, -0.05) is 60.7 Å². The Morgan fingerprint density at radius 3 is 2.27 bits per heavy atom. The molecule has 0 radical (unpaired) electrons. The van der Waals surface area contributed by atoms with Crippen LogP contribution in [0.1, 0.15) is 17.2 Å². The fourth-order valence-electron chi connectivity index (χ4n) is 3.69. The number of esters is 1. The monoisotopic (exact) mass is 422 g/mol. The zero-order valence-electron chi connectivity index (χ0n) is 15.8. The average Bonchev–Trinajstić information content (AvgIpc) is 2.80. The van der Waals surface area contributed by atoms with Crippen LogP contribution < -0.4 is 5.32 Å². The molecule has 152 valence electrons. The summed E-state index contributed by atoms with van der Waals surface area (Å²) in [5.74, 6) is 0.908. The summed E-state index contributed by atoms with van der Waals surface area (Å²) in [5, 5.41) is 2.04. The van der Waals surface area contributed by atoms with E-state index in [4.69, 9.17) is 4.74 Å². The molecule has 2 amide bonds. The minimum absolute atomic E-state index is 0.152. The molecule has 0 saturated carbocycles. The molecule has 8 heteroatoms. The molecular weight excluding hydrogens is 404 g/mol. The third-order valence-electron chi connectivity index (χ3n) is 5.14. The molecule has 7 nitrogen and oxygen atoms in total. The lowest BCUT2D eigenvalue weighted by Gasteiger charge is -2.51. The number of nitrogens with zero attached hydrogens (tertiary/aromatic N) is 1. The minimum atomic E-state index is -1.15. The first-order valence-electron chi connectivity index (χ1n) is 9.33. The van der Waals surface area contributed by atoms with Crippen molar-refractivity contribution in [3.05, 3.63) is 77.4 Å². The Balaban J connectivity index is 1.63. The fraction of sp³-hybridized carbons (Fsp3) is 0.227. The van der Waals surface area contributed by atoms with Crippen LogP contribution in [0.2, 0.25) is 0 Å². The van der Waals surface area contributed by atoms with Crippen LogP contribution in [0.3, 0.4) is 0 Å². The number of hydrogen-bond acceptors (Lipinski definition) is 6. The summed E-state index contributed by atoms with van der Waals surface area (Å²) in [6.07, 6.45) is -0.235. The van der Waals surface area contributed by atoms with Crippen LogP contribution in [-0.2, 0) is 23.9 Å². The van der Waals surface area contributed by atoms with Gasteiger partial charge in [-0.25, -0.2) is 9.59 Å². The second-order valence-electron chi connectivity index (χ2n) is 6.88. The Kier molecular flexibility index (Phi) is 5.70. The quantitative estimate of drug-likeness (QED) is 0.328. The van der Waals surface area contributed by atoms with Gasteiger partial charge >= 0.3 is 5.97 Å². The van der Waals surface area contributed by atoms with Gasteiger partial charge in [-0.05, 0) is 11.1 Å². The highest BCUT2D eigenvalue weighted by molar-refractivity contribution is 8.00. The summed E-state index contributed by atoms with van der Waals surface area (Å²) in [5.41, 5.74) is 1.69. The summed E-state index contributed by atoms with van der Waals surface area (Å²) >= 11 is 1.31. The van der Waals surface area contributed by atoms with Crippen molar-refractivity contribution in [1.29, 1.82) is 0 Å². The van der Waals surface area contributed by atoms with Gasteiger partial charge in [0.15, 0.2) is 12.1 Å². The summed E-state index contributed by atoms with van der Waals surface area (Å²) in [6.45, 7) is 0. The van der Waals surface area contributed by atoms with E-state index in [1.165, 1.54) is 16.7 Å². The van der Waals surface area contributed by atoms with Gasteiger partial charge in [0, 0.05) is 5.75 Å². The molecule has 2 aliphatic heterocycles. The highest BCUT2D eigenvalue weighted by Crippen LogP contribution is 2.40. The van der Waals surface area contributed by atoms with Crippen molar-refractivity contribution in [3.63, 3.8) is 0 Å². The van der Waals surface area contributed by atoms with Gasteiger partial charge in [-0.2, -0.15) is 0 Å². The topological polar surface area (TPSA) is 92.8 Å². The molecule has 30 heavy (non-hydrogen) atoms. The van der Waals surface area contributed by atoms with Gasteiger partial charge in [0.1, 0.15) is 17.4 Å². The van der Waals surface area contributed by atoms with E-state index in [9.17, 15) is 19.2 Å². The number of carbonyl (C=O) groups excluding carboxylic acids is 4. The zero-order valence-corrected chi connectivity index (χ0v) is 16.6. The molecule has 2 fully saturated rings. The van der Waals surface area contributed by atoms with Gasteiger partial charge in [0.05, 0.1) is 5.57 Å². The van der Waals surface area contributed by atoms with E-state index in [0.29, 0.717) is 6.41 Å². The molecule has 0 aromatic heterocycles. The lowest BCUT2D eigenvalue weighted by atomic mass is 9.98. The molecular formula is C22H18N2O5S. The predicted molar refractivity (Wildman–Crippen MR) is 110 cm³/mol. The number of amides is 2. The van der Waals surface area contributed by atoms with Crippen molar-refractivity contribution in [1.82, 2.24) is 10.2 Å². The molecule has 2 unspecified atom stereocenters. The minimum Gasteiger partial charge on any atom is -0.451 e. The molecule has 0 spiro atoms. The fourth-order valence-corrected chi connectivity index (χ4v) is 5.03. The number of benzene rings is 2. The number of ether oxygens (including phenoxy) is 1. The predicted octanol–water partition coefficient (Wildman–Crippen LogP) is 1.48. The molecule has 2 aromatic rings. The lowest BCUT2D eigenvalue weighted by molar-refractivity contribution is -0.165. The van der Waals surface area contributed by atoms with E-state index in [-0.39, 0.29) is 11.3 Å². The van der Waals surface area contributed by atoms with Crippen LogP contribution in [0.25, 0.3) is 0 Å². The largest absolute Gasteiger partial charge is 0.451 e. The van der Waals surface area contributed by atoms with E-state index in [0.717, 1.165) is 11.1 Å². The van der Waals surface area contributed by atoms with E-state index in [2.05, 4.69) is 5.32 Å². The van der Waals surface area contributed by atoms with Crippen molar-refractivity contribution in [2.24, 2.45) is 0 Å². The molecule has 0 aliphatic carbocycles. The van der Waals surface area contributed by atoms with Crippen molar-refractivity contribution in [2.75, 3.05) is 5.75 Å². The first-order chi connectivity index (χ1) is 14.7. The Morgan fingerprint density at radius 1 is 1.13 bits per heavy atom. The third kappa shape index (κ3) is 3.51. The van der Waals surface area contributed by atoms with Crippen LogP contribution >= 0.6 is 11.8 Å². The van der Waals surface area contributed by atoms with Crippen LogP contribution in [0, 0.1) is 0 Å². The Morgan fingerprint density at radius 2 is 1.73 bits per heavy atom. The molecule has 0 bridgehead atoms. The van der Waals surface area contributed by atoms with Crippen LogP contribution in [-0.4, -0.2) is 52.3 Å². The number of nitrogens with one attached hydrogen (secondary N) is 1. The van der Waals surface area contributed by atoms with E-state index >= 15 is 0 Å². The Labute approximate surface area is 177 Å². The number of hydrogen-bond donors (Lipinski definition) is 1. The lowest BCUT2D eigenvalue weighted by Crippen LogP contribution is -2.74.